The quantitative estimate of drug-likeness (QED) is 0.918. The molecule has 1 aliphatic rings. The van der Waals surface area contributed by atoms with Crippen molar-refractivity contribution in [3.63, 3.8) is 0 Å². The first-order valence-corrected chi connectivity index (χ1v) is 7.26. The van der Waals surface area contributed by atoms with Gasteiger partial charge in [-0.05, 0) is 57.5 Å². The molecule has 1 aromatic rings. The normalized spacial score (nSPS) is 21.2. The Morgan fingerprint density at radius 2 is 2.20 bits per heavy atom. The van der Waals surface area contributed by atoms with Gasteiger partial charge in [-0.15, -0.1) is 0 Å². The van der Waals surface area contributed by atoms with Crippen LogP contribution >= 0.6 is 0 Å². The molecule has 2 atom stereocenters. The summed E-state index contributed by atoms with van der Waals surface area (Å²) in [5, 5.41) is 9.87. The van der Waals surface area contributed by atoms with Gasteiger partial charge in [-0.2, -0.15) is 0 Å². The number of anilines is 1. The molecule has 2 rings (SSSR count). The second-order valence-electron chi connectivity index (χ2n) is 6.13. The molecule has 1 N–H and O–H groups in total. The minimum atomic E-state index is -0.659. The van der Waals surface area contributed by atoms with E-state index < -0.39 is 6.10 Å². The lowest BCUT2D eigenvalue weighted by molar-refractivity contribution is 0.199. The van der Waals surface area contributed by atoms with Gasteiger partial charge < -0.3 is 14.9 Å². The smallest absolute Gasteiger partial charge is 0.126 e. The lowest BCUT2D eigenvalue weighted by Crippen LogP contribution is -2.28. The van der Waals surface area contributed by atoms with Gasteiger partial charge in [0.15, 0.2) is 0 Å². The molecular formula is C16H25FN2O. The third-order valence-electron chi connectivity index (χ3n) is 4.19. The van der Waals surface area contributed by atoms with Gasteiger partial charge in [0.2, 0.25) is 0 Å². The predicted octanol–water partition coefficient (Wildman–Crippen LogP) is 2.58. The van der Waals surface area contributed by atoms with Crippen molar-refractivity contribution >= 4 is 5.69 Å². The molecular weight excluding hydrogens is 255 g/mol. The molecule has 0 aromatic heterocycles. The summed E-state index contributed by atoms with van der Waals surface area (Å²) >= 11 is 0. The van der Waals surface area contributed by atoms with Gasteiger partial charge in [-0.3, -0.25) is 0 Å². The van der Waals surface area contributed by atoms with E-state index in [1.807, 2.05) is 13.1 Å². The minimum absolute atomic E-state index is 0.251. The number of halogens is 1. The molecule has 0 saturated carbocycles. The van der Waals surface area contributed by atoms with Gasteiger partial charge in [0.1, 0.15) is 5.82 Å². The van der Waals surface area contributed by atoms with E-state index in [0.29, 0.717) is 17.0 Å². The van der Waals surface area contributed by atoms with E-state index in [9.17, 15) is 9.50 Å². The van der Waals surface area contributed by atoms with Crippen molar-refractivity contribution < 1.29 is 9.50 Å². The second-order valence-corrected chi connectivity index (χ2v) is 6.13. The summed E-state index contributed by atoms with van der Waals surface area (Å²) in [5.41, 5.74) is 2.23. The first-order chi connectivity index (χ1) is 9.38. The highest BCUT2D eigenvalue weighted by atomic mass is 19.1. The van der Waals surface area contributed by atoms with Gasteiger partial charge in [0, 0.05) is 31.4 Å². The van der Waals surface area contributed by atoms with Crippen molar-refractivity contribution in [1.29, 1.82) is 0 Å². The number of aliphatic hydroxyl groups is 1. The van der Waals surface area contributed by atoms with Gasteiger partial charge >= 0.3 is 0 Å². The van der Waals surface area contributed by atoms with Crippen molar-refractivity contribution in [2.75, 3.05) is 38.6 Å². The Bertz CT molecular complexity index is 476. The number of nitrogens with zero attached hydrogens (tertiary/aromatic N) is 2. The van der Waals surface area contributed by atoms with Crippen molar-refractivity contribution in [3.05, 3.63) is 29.1 Å². The zero-order valence-electron chi connectivity index (χ0n) is 12.9. The molecule has 1 fully saturated rings. The van der Waals surface area contributed by atoms with Crippen LogP contribution in [-0.2, 0) is 0 Å². The Balaban J connectivity index is 2.19. The number of hydrogen-bond acceptors (Lipinski definition) is 3. The Morgan fingerprint density at radius 3 is 2.75 bits per heavy atom. The largest absolute Gasteiger partial charge is 0.389 e. The van der Waals surface area contributed by atoms with Crippen molar-refractivity contribution in [2.45, 2.75) is 26.4 Å². The molecule has 4 heteroatoms. The molecule has 1 heterocycles. The first kappa shape index (κ1) is 15.3. The Morgan fingerprint density at radius 1 is 1.50 bits per heavy atom. The van der Waals surface area contributed by atoms with Crippen molar-refractivity contribution in [3.8, 4) is 0 Å². The summed E-state index contributed by atoms with van der Waals surface area (Å²) in [6.07, 6.45) is 0.541. The first-order valence-electron chi connectivity index (χ1n) is 7.26. The van der Waals surface area contributed by atoms with Crippen LogP contribution in [0.1, 0.15) is 30.6 Å². The molecule has 1 unspecified atom stereocenters. The number of benzene rings is 1. The molecule has 0 amide bonds. The maximum absolute atomic E-state index is 13.7. The van der Waals surface area contributed by atoms with E-state index in [0.717, 1.165) is 25.3 Å². The standard InChI is InChI=1S/C16H25FN2O/c1-11-7-16(14(12(2)20)8-15(11)17)19(4)10-13-5-6-18(3)9-13/h7-8,12-13,20H,5-6,9-10H2,1-4H3/t12-,13?/m0/s1. The fraction of sp³-hybridized carbons (Fsp3) is 0.625. The topological polar surface area (TPSA) is 26.7 Å². The van der Waals surface area contributed by atoms with Gasteiger partial charge in [-0.1, -0.05) is 0 Å². The van der Waals surface area contributed by atoms with Crippen LogP contribution in [0.3, 0.4) is 0 Å². The monoisotopic (exact) mass is 280 g/mol. The molecule has 0 radical (unpaired) electrons. The summed E-state index contributed by atoms with van der Waals surface area (Å²) in [7, 11) is 4.17. The number of hydrogen-bond donors (Lipinski definition) is 1. The van der Waals surface area contributed by atoms with E-state index in [1.54, 1.807) is 13.8 Å². The Hall–Kier alpha value is -1.13. The van der Waals surface area contributed by atoms with Crippen molar-refractivity contribution in [2.24, 2.45) is 5.92 Å². The molecule has 1 aliphatic heterocycles. The molecule has 0 aliphatic carbocycles. The van der Waals surface area contributed by atoms with Crippen LogP contribution in [-0.4, -0.2) is 43.7 Å². The maximum atomic E-state index is 13.7. The number of rotatable bonds is 4. The van der Waals surface area contributed by atoms with Crippen LogP contribution in [0.2, 0.25) is 0 Å². The molecule has 1 aromatic carbocycles. The molecule has 0 bridgehead atoms. The average Bonchev–Trinajstić information content (AvgIpc) is 2.77. The van der Waals surface area contributed by atoms with Crippen molar-refractivity contribution in [1.82, 2.24) is 4.90 Å². The summed E-state index contributed by atoms with van der Waals surface area (Å²) < 4.78 is 13.7. The van der Waals surface area contributed by atoms with Crippen LogP contribution in [0.4, 0.5) is 10.1 Å². The van der Waals surface area contributed by atoms with Gasteiger partial charge in [-0.25, -0.2) is 4.39 Å². The average molecular weight is 280 g/mol. The minimum Gasteiger partial charge on any atom is -0.389 e. The third kappa shape index (κ3) is 3.30. The second kappa shape index (κ2) is 6.10. The summed E-state index contributed by atoms with van der Waals surface area (Å²) in [6, 6.07) is 3.31. The maximum Gasteiger partial charge on any atom is 0.126 e. The zero-order chi connectivity index (χ0) is 14.9. The number of aliphatic hydroxyl groups excluding tert-OH is 1. The third-order valence-corrected chi connectivity index (χ3v) is 4.19. The van der Waals surface area contributed by atoms with E-state index in [1.165, 1.54) is 12.5 Å². The van der Waals surface area contributed by atoms with Crippen LogP contribution < -0.4 is 4.90 Å². The summed E-state index contributed by atoms with van der Waals surface area (Å²) in [5.74, 6) is 0.385. The van der Waals surface area contributed by atoms with Crippen LogP contribution in [0.15, 0.2) is 12.1 Å². The lowest BCUT2D eigenvalue weighted by Gasteiger charge is -2.27. The van der Waals surface area contributed by atoms with E-state index in [-0.39, 0.29) is 5.82 Å². The van der Waals surface area contributed by atoms with Gasteiger partial charge in [0.05, 0.1) is 6.10 Å². The Kier molecular flexibility index (Phi) is 4.66. The highest BCUT2D eigenvalue weighted by Crippen LogP contribution is 2.30. The fourth-order valence-corrected chi connectivity index (χ4v) is 3.01. The Labute approximate surface area is 121 Å². The summed E-state index contributed by atoms with van der Waals surface area (Å²) in [4.78, 5) is 4.49. The highest BCUT2D eigenvalue weighted by molar-refractivity contribution is 5.56. The number of likely N-dealkylation sites (tertiary alicyclic amines) is 1. The lowest BCUT2D eigenvalue weighted by atomic mass is 10.0. The van der Waals surface area contributed by atoms with E-state index in [2.05, 4.69) is 16.8 Å². The summed E-state index contributed by atoms with van der Waals surface area (Å²) in [6.45, 7) is 6.64. The van der Waals surface area contributed by atoms with E-state index in [4.69, 9.17) is 0 Å². The molecule has 112 valence electrons. The van der Waals surface area contributed by atoms with E-state index >= 15 is 0 Å². The zero-order valence-corrected chi connectivity index (χ0v) is 12.9. The fourth-order valence-electron chi connectivity index (χ4n) is 3.01. The SMILES string of the molecule is Cc1cc(N(C)CC2CCN(C)C2)c([C@H](C)O)cc1F. The molecule has 1 saturated heterocycles. The number of aryl methyl sites for hydroxylation is 1. The van der Waals surface area contributed by atoms with Crippen LogP contribution in [0, 0.1) is 18.7 Å². The molecule has 20 heavy (non-hydrogen) atoms. The predicted molar refractivity (Wildman–Crippen MR) is 80.6 cm³/mol. The molecule has 3 nitrogen and oxygen atoms in total. The molecule has 0 spiro atoms. The van der Waals surface area contributed by atoms with Gasteiger partial charge in [0.25, 0.3) is 0 Å². The highest BCUT2D eigenvalue weighted by Gasteiger charge is 2.22. The van der Waals surface area contributed by atoms with Crippen LogP contribution in [0.25, 0.3) is 0 Å². The van der Waals surface area contributed by atoms with Crippen LogP contribution in [0.5, 0.6) is 0 Å².